The highest BCUT2D eigenvalue weighted by Gasteiger charge is 2.19. The van der Waals surface area contributed by atoms with E-state index in [1.54, 1.807) is 30.4 Å². The van der Waals surface area contributed by atoms with Crippen LogP contribution in [-0.4, -0.2) is 33.1 Å². The fraction of sp³-hybridized carbons (Fsp3) is 0.188. The summed E-state index contributed by atoms with van der Waals surface area (Å²) in [5.41, 5.74) is 2.64. The highest BCUT2D eigenvalue weighted by molar-refractivity contribution is 9.10. The normalized spacial score (nSPS) is 11.6. The first kappa shape index (κ1) is 18.1. The minimum absolute atomic E-state index is 0.135. The average molecular weight is 441 g/mol. The van der Waals surface area contributed by atoms with Crippen LogP contribution in [0.25, 0.3) is 11.1 Å². The molecule has 0 fully saturated rings. The molecule has 0 aliphatic rings. The molecule has 0 atom stereocenters. The highest BCUT2D eigenvalue weighted by Crippen LogP contribution is 2.40. The second-order valence-electron chi connectivity index (χ2n) is 5.95. The van der Waals surface area contributed by atoms with E-state index in [1.807, 2.05) is 31.4 Å². The van der Waals surface area contributed by atoms with Crippen LogP contribution in [0, 0.1) is 0 Å². The zero-order valence-electron chi connectivity index (χ0n) is 13.9. The number of hydrogen-bond acceptors (Lipinski definition) is 5. The monoisotopic (exact) mass is 439 g/mol. The van der Waals surface area contributed by atoms with Crippen molar-refractivity contribution in [3.05, 3.63) is 46.5 Å². The predicted molar refractivity (Wildman–Crippen MR) is 106 cm³/mol. The number of anilines is 2. The van der Waals surface area contributed by atoms with Crippen molar-refractivity contribution in [2.45, 2.75) is 0 Å². The zero-order valence-corrected chi connectivity index (χ0v) is 17.1. The molecular formula is C16H16BrClN5OP. The number of hydrogen-bond donors (Lipinski definition) is 1. The molecule has 9 heteroatoms. The molecule has 0 aliphatic heterocycles. The number of benzene rings is 1. The first-order valence-electron chi connectivity index (χ1n) is 7.38. The van der Waals surface area contributed by atoms with Gasteiger partial charge in [0, 0.05) is 30.3 Å². The minimum atomic E-state index is -2.54. The summed E-state index contributed by atoms with van der Waals surface area (Å²) in [5, 5.41) is 8.25. The summed E-state index contributed by atoms with van der Waals surface area (Å²) in [6.45, 7) is 3.48. The van der Waals surface area contributed by atoms with E-state index in [4.69, 9.17) is 11.6 Å². The first-order valence-corrected chi connectivity index (χ1v) is 11.1. The summed E-state index contributed by atoms with van der Waals surface area (Å²) in [6, 6.07) is 5.77. The van der Waals surface area contributed by atoms with Crippen molar-refractivity contribution in [2.75, 3.05) is 18.6 Å². The third kappa shape index (κ3) is 4.11. The van der Waals surface area contributed by atoms with E-state index in [1.165, 1.54) is 0 Å². The van der Waals surface area contributed by atoms with Gasteiger partial charge in [0.25, 0.3) is 0 Å². The zero-order chi connectivity index (χ0) is 18.2. The molecule has 0 radical (unpaired) electrons. The van der Waals surface area contributed by atoms with Crippen LogP contribution in [0.5, 0.6) is 0 Å². The Morgan fingerprint density at radius 3 is 2.64 bits per heavy atom. The molecule has 0 bridgehead atoms. The van der Waals surface area contributed by atoms with Crippen LogP contribution >= 0.6 is 34.7 Å². The molecule has 0 spiro atoms. The Balaban J connectivity index is 2.07. The first-order chi connectivity index (χ1) is 11.7. The van der Waals surface area contributed by atoms with E-state index in [-0.39, 0.29) is 5.28 Å². The number of aryl methyl sites for hydroxylation is 1. The Morgan fingerprint density at radius 2 is 2.00 bits per heavy atom. The van der Waals surface area contributed by atoms with Gasteiger partial charge in [0.1, 0.15) is 13.0 Å². The van der Waals surface area contributed by atoms with Crippen molar-refractivity contribution >= 4 is 51.5 Å². The summed E-state index contributed by atoms with van der Waals surface area (Å²) in [5.74, 6) is 0.517. The molecule has 3 aromatic rings. The third-order valence-electron chi connectivity index (χ3n) is 3.58. The van der Waals surface area contributed by atoms with Gasteiger partial charge in [0.2, 0.25) is 5.28 Å². The maximum atomic E-state index is 12.8. The number of nitrogens with zero attached hydrogens (tertiary/aromatic N) is 4. The summed E-state index contributed by atoms with van der Waals surface area (Å²) in [4.78, 5) is 8.08. The maximum absolute atomic E-state index is 12.8. The van der Waals surface area contributed by atoms with Gasteiger partial charge in [-0.15, -0.1) is 0 Å². The van der Waals surface area contributed by atoms with Crippen LogP contribution in [0.1, 0.15) is 0 Å². The van der Waals surface area contributed by atoms with Crippen molar-refractivity contribution < 1.29 is 4.57 Å². The SMILES string of the molecule is Cn1cc(-c2ccc(Nc3nc(Cl)ncc3Br)c(P(C)(C)=O)c2)cn1. The van der Waals surface area contributed by atoms with E-state index in [0.29, 0.717) is 10.3 Å². The smallest absolute Gasteiger partial charge is 0.224 e. The Kier molecular flexibility index (Phi) is 5.00. The Bertz CT molecular complexity index is 984. The molecule has 2 heterocycles. The fourth-order valence-electron chi connectivity index (χ4n) is 2.39. The average Bonchev–Trinajstić information content (AvgIpc) is 2.97. The lowest BCUT2D eigenvalue weighted by molar-refractivity contribution is 0.588. The molecule has 6 nitrogen and oxygen atoms in total. The van der Waals surface area contributed by atoms with Gasteiger partial charge in [-0.25, -0.2) is 4.98 Å². The quantitative estimate of drug-likeness (QED) is 0.484. The lowest BCUT2D eigenvalue weighted by Crippen LogP contribution is -2.11. The largest absolute Gasteiger partial charge is 0.339 e. The number of nitrogens with one attached hydrogen (secondary N) is 1. The molecular weight excluding hydrogens is 425 g/mol. The van der Waals surface area contributed by atoms with Crippen molar-refractivity contribution in [2.24, 2.45) is 7.05 Å². The van der Waals surface area contributed by atoms with E-state index in [0.717, 1.165) is 22.1 Å². The molecule has 130 valence electrons. The molecule has 0 unspecified atom stereocenters. The summed E-state index contributed by atoms with van der Waals surface area (Å²) in [7, 11) is -0.679. The number of rotatable bonds is 4. The lowest BCUT2D eigenvalue weighted by Gasteiger charge is -2.17. The van der Waals surface area contributed by atoms with Crippen molar-refractivity contribution in [1.29, 1.82) is 0 Å². The van der Waals surface area contributed by atoms with Crippen LogP contribution in [0.2, 0.25) is 5.28 Å². The Morgan fingerprint density at radius 1 is 1.24 bits per heavy atom. The summed E-state index contributed by atoms with van der Waals surface area (Å²) < 4.78 is 15.2. The third-order valence-corrected chi connectivity index (χ3v) is 5.88. The van der Waals surface area contributed by atoms with Crippen LogP contribution in [0.15, 0.2) is 41.3 Å². The van der Waals surface area contributed by atoms with Gasteiger partial charge in [-0.05, 0) is 58.6 Å². The number of aromatic nitrogens is 4. The van der Waals surface area contributed by atoms with Gasteiger partial charge in [0.15, 0.2) is 0 Å². The van der Waals surface area contributed by atoms with E-state index < -0.39 is 7.14 Å². The van der Waals surface area contributed by atoms with Crippen LogP contribution in [0.3, 0.4) is 0 Å². The molecule has 0 amide bonds. The molecule has 25 heavy (non-hydrogen) atoms. The maximum Gasteiger partial charge on any atom is 0.224 e. The molecule has 1 N–H and O–H groups in total. The molecule has 0 saturated heterocycles. The van der Waals surface area contributed by atoms with Crippen LogP contribution in [-0.2, 0) is 11.6 Å². The summed E-state index contributed by atoms with van der Waals surface area (Å²) in [6.07, 6.45) is 5.27. The fourth-order valence-corrected chi connectivity index (χ4v) is 3.98. The van der Waals surface area contributed by atoms with Gasteiger partial charge in [-0.3, -0.25) is 4.68 Å². The van der Waals surface area contributed by atoms with Gasteiger partial charge in [-0.1, -0.05) is 6.07 Å². The second kappa shape index (κ2) is 6.90. The van der Waals surface area contributed by atoms with E-state index in [2.05, 4.69) is 36.3 Å². The van der Waals surface area contributed by atoms with Crippen LogP contribution in [0.4, 0.5) is 11.5 Å². The number of halogens is 2. The van der Waals surface area contributed by atoms with E-state index >= 15 is 0 Å². The van der Waals surface area contributed by atoms with Crippen molar-refractivity contribution in [3.63, 3.8) is 0 Å². The molecule has 2 aromatic heterocycles. The molecule has 1 aromatic carbocycles. The highest BCUT2D eigenvalue weighted by atomic mass is 79.9. The molecule has 0 aliphatic carbocycles. The van der Waals surface area contributed by atoms with Crippen molar-refractivity contribution in [1.82, 2.24) is 19.7 Å². The predicted octanol–water partition coefficient (Wildman–Crippen LogP) is 4.28. The molecule has 3 rings (SSSR count). The minimum Gasteiger partial charge on any atom is -0.339 e. The van der Waals surface area contributed by atoms with E-state index in [9.17, 15) is 4.57 Å². The Hall–Kier alpha value is -1.69. The second-order valence-corrected chi connectivity index (χ2v) is 10.3. The van der Waals surface area contributed by atoms with Gasteiger partial charge >= 0.3 is 0 Å². The van der Waals surface area contributed by atoms with Gasteiger partial charge in [-0.2, -0.15) is 10.1 Å². The Labute approximate surface area is 159 Å². The molecule has 0 saturated carbocycles. The van der Waals surface area contributed by atoms with Gasteiger partial charge < -0.3 is 9.88 Å². The standard InChI is InChI=1S/C16H16BrClN5OP/c1-23-9-11(7-20-23)10-4-5-13(14(6-10)25(2,3)24)21-15-12(17)8-19-16(18)22-15/h4-9H,1-3H3,(H,19,21,22). The van der Waals surface area contributed by atoms with Crippen molar-refractivity contribution in [3.8, 4) is 11.1 Å². The van der Waals surface area contributed by atoms with Crippen LogP contribution < -0.4 is 10.6 Å². The van der Waals surface area contributed by atoms with Gasteiger partial charge in [0.05, 0.1) is 16.4 Å². The lowest BCUT2D eigenvalue weighted by atomic mass is 10.1. The summed E-state index contributed by atoms with van der Waals surface area (Å²) >= 11 is 9.26. The topological polar surface area (TPSA) is 72.7 Å².